The van der Waals surface area contributed by atoms with Gasteiger partial charge in [0, 0.05) is 13.1 Å². The summed E-state index contributed by atoms with van der Waals surface area (Å²) in [5, 5.41) is 9.32. The monoisotopic (exact) mass is 251 g/mol. The summed E-state index contributed by atoms with van der Waals surface area (Å²) < 4.78 is 5.22. The lowest BCUT2D eigenvalue weighted by atomic mass is 9.82. The van der Waals surface area contributed by atoms with Crippen molar-refractivity contribution in [3.8, 4) is 0 Å². The van der Waals surface area contributed by atoms with Gasteiger partial charge in [-0.1, -0.05) is 12.2 Å². The quantitative estimate of drug-likeness (QED) is 0.720. The van der Waals surface area contributed by atoms with Crippen molar-refractivity contribution in [2.24, 2.45) is 23.7 Å². The van der Waals surface area contributed by atoms with Crippen LogP contribution in [0, 0.1) is 23.7 Å². The number of carboxylic acid groups (broad SMARTS) is 1. The molecule has 1 amide bonds. The number of ether oxygens (including phenoxy) is 1. The van der Waals surface area contributed by atoms with Gasteiger partial charge in [-0.25, -0.2) is 0 Å². The molecule has 1 saturated heterocycles. The highest BCUT2D eigenvalue weighted by atomic mass is 16.5. The molecule has 98 valence electrons. The SMILES string of the molecule is O=C(O)[C@@H]1[C@H](C(=O)N2CCOCC2)[C@@H]2C=C[C@H]1C2. The Balaban J connectivity index is 1.79. The van der Waals surface area contributed by atoms with Gasteiger partial charge in [0.1, 0.15) is 0 Å². The minimum absolute atomic E-state index is 0.00236. The van der Waals surface area contributed by atoms with E-state index in [0.29, 0.717) is 26.3 Å². The van der Waals surface area contributed by atoms with Crippen LogP contribution in [0.1, 0.15) is 6.42 Å². The minimum atomic E-state index is -0.835. The molecule has 0 radical (unpaired) electrons. The van der Waals surface area contributed by atoms with E-state index in [-0.39, 0.29) is 23.7 Å². The molecule has 1 heterocycles. The number of fused-ring (bicyclic) bond motifs is 2. The number of rotatable bonds is 2. The van der Waals surface area contributed by atoms with Gasteiger partial charge in [-0.3, -0.25) is 9.59 Å². The van der Waals surface area contributed by atoms with Crippen LogP contribution in [0.15, 0.2) is 12.2 Å². The molecule has 3 rings (SSSR count). The first-order valence-electron chi connectivity index (χ1n) is 6.46. The van der Waals surface area contributed by atoms with Crippen LogP contribution in [0.3, 0.4) is 0 Å². The van der Waals surface area contributed by atoms with E-state index in [9.17, 15) is 14.7 Å². The molecule has 0 aromatic heterocycles. The topological polar surface area (TPSA) is 66.8 Å². The number of carbonyl (C=O) groups excluding carboxylic acids is 1. The second kappa shape index (κ2) is 4.39. The molecule has 2 fully saturated rings. The largest absolute Gasteiger partial charge is 0.481 e. The number of nitrogens with zero attached hydrogens (tertiary/aromatic N) is 1. The highest BCUT2D eigenvalue weighted by Crippen LogP contribution is 2.48. The highest BCUT2D eigenvalue weighted by molar-refractivity contribution is 5.87. The molecule has 0 spiro atoms. The zero-order valence-electron chi connectivity index (χ0n) is 10.1. The third-order valence-electron chi connectivity index (χ3n) is 4.35. The molecular weight excluding hydrogens is 234 g/mol. The van der Waals surface area contributed by atoms with Crippen LogP contribution in [-0.4, -0.2) is 48.2 Å². The van der Waals surface area contributed by atoms with Crippen LogP contribution in [-0.2, 0) is 14.3 Å². The molecule has 1 saturated carbocycles. The van der Waals surface area contributed by atoms with E-state index in [1.165, 1.54) is 0 Å². The first kappa shape index (κ1) is 11.7. The number of carbonyl (C=O) groups is 2. The summed E-state index contributed by atoms with van der Waals surface area (Å²) in [5.74, 6) is -1.57. The second-order valence-electron chi connectivity index (χ2n) is 5.28. The van der Waals surface area contributed by atoms with Crippen LogP contribution in [0.4, 0.5) is 0 Å². The Morgan fingerprint density at radius 3 is 2.33 bits per heavy atom. The Morgan fingerprint density at radius 1 is 1.11 bits per heavy atom. The fourth-order valence-corrected chi connectivity index (χ4v) is 3.49. The predicted octanol–water partition coefficient (Wildman–Crippen LogP) is 0.368. The van der Waals surface area contributed by atoms with Crippen LogP contribution < -0.4 is 0 Å². The van der Waals surface area contributed by atoms with Gasteiger partial charge in [0.15, 0.2) is 0 Å². The van der Waals surface area contributed by atoms with Gasteiger partial charge in [-0.15, -0.1) is 0 Å². The maximum Gasteiger partial charge on any atom is 0.307 e. The molecule has 1 aliphatic heterocycles. The first-order chi connectivity index (χ1) is 8.68. The summed E-state index contributed by atoms with van der Waals surface area (Å²) in [4.78, 5) is 25.6. The molecular formula is C13H17NO4. The Morgan fingerprint density at radius 2 is 1.72 bits per heavy atom. The minimum Gasteiger partial charge on any atom is -0.481 e. The summed E-state index contributed by atoms with van der Waals surface area (Å²) in [5.41, 5.74) is 0. The van der Waals surface area contributed by atoms with Crippen molar-refractivity contribution in [2.45, 2.75) is 6.42 Å². The van der Waals surface area contributed by atoms with Gasteiger partial charge >= 0.3 is 5.97 Å². The number of morpholine rings is 1. The van der Waals surface area contributed by atoms with Gasteiger partial charge < -0.3 is 14.7 Å². The third-order valence-corrected chi connectivity index (χ3v) is 4.35. The van der Waals surface area contributed by atoms with Crippen molar-refractivity contribution >= 4 is 11.9 Å². The number of aliphatic carboxylic acids is 1. The molecule has 3 aliphatic rings. The highest BCUT2D eigenvalue weighted by Gasteiger charge is 2.52. The van der Waals surface area contributed by atoms with E-state index >= 15 is 0 Å². The lowest BCUT2D eigenvalue weighted by molar-refractivity contribution is -0.152. The fraction of sp³-hybridized carbons (Fsp3) is 0.692. The lowest BCUT2D eigenvalue weighted by Crippen LogP contribution is -2.47. The van der Waals surface area contributed by atoms with Gasteiger partial charge in [-0.2, -0.15) is 0 Å². The molecule has 1 N–H and O–H groups in total. The third kappa shape index (κ3) is 1.73. The number of carboxylic acids is 1. The molecule has 5 heteroatoms. The van der Waals surface area contributed by atoms with Crippen molar-refractivity contribution < 1.29 is 19.4 Å². The van der Waals surface area contributed by atoms with Crippen LogP contribution >= 0.6 is 0 Å². The van der Waals surface area contributed by atoms with Crippen molar-refractivity contribution in [3.05, 3.63) is 12.2 Å². The summed E-state index contributed by atoms with van der Waals surface area (Å²) in [6, 6.07) is 0. The van der Waals surface area contributed by atoms with Gasteiger partial charge in [-0.05, 0) is 18.3 Å². The molecule has 18 heavy (non-hydrogen) atoms. The summed E-state index contributed by atoms with van der Waals surface area (Å²) in [6.45, 7) is 2.28. The van der Waals surface area contributed by atoms with Crippen molar-refractivity contribution in [3.63, 3.8) is 0 Å². The van der Waals surface area contributed by atoms with E-state index in [4.69, 9.17) is 4.74 Å². The van der Waals surface area contributed by atoms with Gasteiger partial charge in [0.05, 0.1) is 25.0 Å². The zero-order chi connectivity index (χ0) is 12.7. The van der Waals surface area contributed by atoms with Crippen LogP contribution in [0.25, 0.3) is 0 Å². The number of allylic oxidation sites excluding steroid dienone is 2. The average Bonchev–Trinajstić information content (AvgIpc) is 2.99. The Hall–Kier alpha value is -1.36. The molecule has 5 nitrogen and oxygen atoms in total. The number of hydrogen-bond donors (Lipinski definition) is 1. The van der Waals surface area contributed by atoms with Gasteiger partial charge in [0.2, 0.25) is 5.91 Å². The molecule has 0 aromatic carbocycles. The second-order valence-corrected chi connectivity index (χ2v) is 5.28. The Labute approximate surface area is 105 Å². The Bertz CT molecular complexity index is 400. The molecule has 2 aliphatic carbocycles. The van der Waals surface area contributed by atoms with E-state index < -0.39 is 11.9 Å². The van der Waals surface area contributed by atoms with Crippen LogP contribution in [0.2, 0.25) is 0 Å². The normalized spacial score (nSPS) is 38.1. The average molecular weight is 251 g/mol. The smallest absolute Gasteiger partial charge is 0.307 e. The van der Waals surface area contributed by atoms with E-state index in [2.05, 4.69) is 0 Å². The maximum atomic E-state index is 12.5. The zero-order valence-corrected chi connectivity index (χ0v) is 10.1. The number of hydrogen-bond acceptors (Lipinski definition) is 3. The van der Waals surface area contributed by atoms with Crippen molar-refractivity contribution in [1.29, 1.82) is 0 Å². The first-order valence-corrected chi connectivity index (χ1v) is 6.46. The standard InChI is InChI=1S/C13H17NO4/c15-12(14-3-5-18-6-4-14)10-8-1-2-9(7-8)11(10)13(16)17/h1-2,8-11H,3-7H2,(H,16,17)/t8-,9+,10-,11+/m1/s1. The molecule has 2 bridgehead atoms. The van der Waals surface area contributed by atoms with E-state index in [1.54, 1.807) is 4.90 Å². The summed E-state index contributed by atoms with van der Waals surface area (Å²) in [6.07, 6.45) is 4.80. The van der Waals surface area contributed by atoms with Crippen LogP contribution in [0.5, 0.6) is 0 Å². The molecule has 0 aromatic rings. The lowest BCUT2D eigenvalue weighted by Gasteiger charge is -2.33. The maximum absolute atomic E-state index is 12.5. The molecule has 0 unspecified atom stereocenters. The molecule has 4 atom stereocenters. The van der Waals surface area contributed by atoms with Gasteiger partial charge in [0.25, 0.3) is 0 Å². The summed E-state index contributed by atoms with van der Waals surface area (Å²) >= 11 is 0. The fourth-order valence-electron chi connectivity index (χ4n) is 3.49. The number of amides is 1. The summed E-state index contributed by atoms with van der Waals surface area (Å²) in [7, 11) is 0. The van der Waals surface area contributed by atoms with E-state index in [1.807, 2.05) is 12.2 Å². The predicted molar refractivity (Wildman–Crippen MR) is 62.8 cm³/mol. The van der Waals surface area contributed by atoms with Crippen molar-refractivity contribution in [2.75, 3.05) is 26.3 Å². The van der Waals surface area contributed by atoms with E-state index in [0.717, 1.165) is 6.42 Å². The van der Waals surface area contributed by atoms with Crippen molar-refractivity contribution in [1.82, 2.24) is 4.90 Å². The Kier molecular flexibility index (Phi) is 2.86.